The second-order valence-corrected chi connectivity index (χ2v) is 8.85. The molecule has 5 heteroatoms. The summed E-state index contributed by atoms with van der Waals surface area (Å²) in [5.74, 6) is 0.809. The van der Waals surface area contributed by atoms with Crippen molar-refractivity contribution in [2.75, 3.05) is 18.0 Å². The number of likely N-dealkylation sites (tertiary alicyclic amines) is 1. The molecule has 1 amide bonds. The van der Waals surface area contributed by atoms with Crippen molar-refractivity contribution in [1.82, 2.24) is 9.88 Å². The second-order valence-electron chi connectivity index (χ2n) is 8.85. The Hall–Kier alpha value is -1.62. The van der Waals surface area contributed by atoms with E-state index < -0.39 is 5.60 Å². The van der Waals surface area contributed by atoms with E-state index >= 15 is 0 Å². The monoisotopic (exact) mass is 373 g/mol. The summed E-state index contributed by atoms with van der Waals surface area (Å²) >= 11 is 0. The number of nitrogens with zero attached hydrogens (tertiary/aromatic N) is 3. The van der Waals surface area contributed by atoms with Crippen LogP contribution in [-0.4, -0.2) is 40.7 Å². The summed E-state index contributed by atoms with van der Waals surface area (Å²) in [4.78, 5) is 22.3. The highest BCUT2D eigenvalue weighted by atomic mass is 16.6. The van der Waals surface area contributed by atoms with Gasteiger partial charge in [0.2, 0.25) is 0 Å². The molecule has 1 atom stereocenters. The molecule has 3 rings (SSSR count). The molecule has 27 heavy (non-hydrogen) atoms. The lowest BCUT2D eigenvalue weighted by atomic mass is 9.93. The molecule has 2 fully saturated rings. The van der Waals surface area contributed by atoms with Gasteiger partial charge in [-0.3, -0.25) is 9.80 Å². The van der Waals surface area contributed by atoms with E-state index in [9.17, 15) is 4.79 Å². The highest BCUT2D eigenvalue weighted by Crippen LogP contribution is 2.38. The molecule has 1 aliphatic carbocycles. The van der Waals surface area contributed by atoms with Gasteiger partial charge in [-0.1, -0.05) is 32.3 Å². The number of hydrogen-bond donors (Lipinski definition) is 0. The lowest BCUT2D eigenvalue weighted by Gasteiger charge is -2.37. The molecule has 150 valence electrons. The van der Waals surface area contributed by atoms with Crippen molar-refractivity contribution in [1.29, 1.82) is 0 Å². The summed E-state index contributed by atoms with van der Waals surface area (Å²) < 4.78 is 5.81. The van der Waals surface area contributed by atoms with Crippen molar-refractivity contribution < 1.29 is 9.53 Å². The van der Waals surface area contributed by atoms with Crippen LogP contribution >= 0.6 is 0 Å². The fourth-order valence-electron chi connectivity index (χ4n) is 4.49. The molecular formula is C22H35N3O2. The molecule has 2 aliphatic rings. The Balaban J connectivity index is 1.98. The molecule has 0 bridgehead atoms. The molecule has 2 heterocycles. The standard InChI is InChI=1S/C22H35N3O2/c1-5-24-16-10-14-19(24)18-13-9-15-23-20(18)25(17-11-7-6-8-12-17)21(26)27-22(2,3)4/h9,13,15,17,19H,5-8,10-12,14,16H2,1-4H3. The van der Waals surface area contributed by atoms with Gasteiger partial charge in [-0.15, -0.1) is 0 Å². The van der Waals surface area contributed by atoms with Crippen LogP contribution in [0.3, 0.4) is 0 Å². The third-order valence-electron chi connectivity index (χ3n) is 5.70. The molecule has 0 spiro atoms. The number of rotatable bonds is 4. The molecule has 1 unspecified atom stereocenters. The SMILES string of the molecule is CCN1CCCC1c1cccnc1N(C(=O)OC(C)(C)C)C1CCCCC1. The van der Waals surface area contributed by atoms with Crippen LogP contribution in [0, 0.1) is 0 Å². The normalized spacial score (nSPS) is 22.0. The minimum Gasteiger partial charge on any atom is -0.443 e. The molecule has 5 nitrogen and oxygen atoms in total. The van der Waals surface area contributed by atoms with Gasteiger partial charge in [-0.25, -0.2) is 9.78 Å². The molecule has 1 aromatic rings. The maximum absolute atomic E-state index is 13.2. The minimum atomic E-state index is -0.512. The quantitative estimate of drug-likeness (QED) is 0.717. The third-order valence-corrected chi connectivity index (χ3v) is 5.70. The first-order chi connectivity index (χ1) is 12.9. The van der Waals surface area contributed by atoms with Gasteiger partial charge in [-0.2, -0.15) is 0 Å². The Bertz CT molecular complexity index is 635. The zero-order valence-corrected chi connectivity index (χ0v) is 17.4. The van der Waals surface area contributed by atoms with Gasteiger partial charge in [0.1, 0.15) is 11.4 Å². The van der Waals surface area contributed by atoms with Crippen LogP contribution in [-0.2, 0) is 4.74 Å². The van der Waals surface area contributed by atoms with Gasteiger partial charge < -0.3 is 4.74 Å². The summed E-state index contributed by atoms with van der Waals surface area (Å²) in [6.45, 7) is 10.1. The topological polar surface area (TPSA) is 45.7 Å². The van der Waals surface area contributed by atoms with Crippen LogP contribution in [0.15, 0.2) is 18.3 Å². The predicted octanol–water partition coefficient (Wildman–Crippen LogP) is 5.31. The zero-order chi connectivity index (χ0) is 19.4. The van der Waals surface area contributed by atoms with Crippen LogP contribution in [0.25, 0.3) is 0 Å². The van der Waals surface area contributed by atoms with Gasteiger partial charge in [0, 0.05) is 23.8 Å². The molecule has 0 radical (unpaired) electrons. The number of pyridine rings is 1. The highest BCUT2D eigenvalue weighted by molar-refractivity contribution is 5.88. The summed E-state index contributed by atoms with van der Waals surface area (Å²) in [5.41, 5.74) is 0.662. The first kappa shape index (κ1) is 20.1. The average Bonchev–Trinajstić information content (AvgIpc) is 3.10. The van der Waals surface area contributed by atoms with Crippen molar-refractivity contribution in [3.8, 4) is 0 Å². The number of hydrogen-bond acceptors (Lipinski definition) is 4. The lowest BCUT2D eigenvalue weighted by molar-refractivity contribution is 0.0555. The Morgan fingerprint density at radius 2 is 1.96 bits per heavy atom. The first-order valence-corrected chi connectivity index (χ1v) is 10.6. The fraction of sp³-hybridized carbons (Fsp3) is 0.727. The van der Waals surface area contributed by atoms with Gasteiger partial charge in [0.25, 0.3) is 0 Å². The molecule has 1 aliphatic heterocycles. The van der Waals surface area contributed by atoms with Gasteiger partial charge in [0.15, 0.2) is 0 Å². The molecule has 0 N–H and O–H groups in total. The number of aromatic nitrogens is 1. The molecular weight excluding hydrogens is 338 g/mol. The first-order valence-electron chi connectivity index (χ1n) is 10.6. The van der Waals surface area contributed by atoms with Crippen LogP contribution in [0.5, 0.6) is 0 Å². The number of ether oxygens (including phenoxy) is 1. The number of anilines is 1. The van der Waals surface area contributed by atoms with E-state index in [2.05, 4.69) is 17.9 Å². The fourth-order valence-corrected chi connectivity index (χ4v) is 4.49. The van der Waals surface area contributed by atoms with E-state index in [4.69, 9.17) is 9.72 Å². The van der Waals surface area contributed by atoms with Crippen molar-refractivity contribution >= 4 is 11.9 Å². The molecule has 0 aromatic carbocycles. The summed E-state index contributed by atoms with van der Waals surface area (Å²) in [7, 11) is 0. The van der Waals surface area contributed by atoms with Crippen LogP contribution < -0.4 is 4.90 Å². The Kier molecular flexibility index (Phi) is 6.40. The van der Waals surface area contributed by atoms with Crippen molar-refractivity contribution in [3.05, 3.63) is 23.9 Å². The second kappa shape index (κ2) is 8.59. The Labute approximate surface area is 164 Å². The van der Waals surface area contributed by atoms with Gasteiger partial charge in [-0.05, 0) is 65.6 Å². The largest absolute Gasteiger partial charge is 0.443 e. The van der Waals surface area contributed by atoms with Crippen molar-refractivity contribution in [2.24, 2.45) is 0 Å². The van der Waals surface area contributed by atoms with E-state index in [0.717, 1.165) is 51.0 Å². The molecule has 1 saturated heterocycles. The van der Waals surface area contributed by atoms with E-state index in [1.54, 1.807) is 0 Å². The van der Waals surface area contributed by atoms with Crippen LogP contribution in [0.4, 0.5) is 10.6 Å². The van der Waals surface area contributed by atoms with Gasteiger partial charge in [0.05, 0.1) is 0 Å². The Morgan fingerprint density at radius 1 is 1.22 bits per heavy atom. The summed E-state index contributed by atoms with van der Waals surface area (Å²) in [5, 5.41) is 0. The van der Waals surface area contributed by atoms with Crippen molar-refractivity contribution in [3.63, 3.8) is 0 Å². The summed E-state index contributed by atoms with van der Waals surface area (Å²) in [6.07, 6.45) is 9.50. The maximum Gasteiger partial charge on any atom is 0.416 e. The number of amides is 1. The molecule has 1 aromatic heterocycles. The van der Waals surface area contributed by atoms with E-state index in [1.165, 1.54) is 18.4 Å². The van der Waals surface area contributed by atoms with Gasteiger partial charge >= 0.3 is 6.09 Å². The number of carbonyl (C=O) groups excluding carboxylic acids is 1. The van der Waals surface area contributed by atoms with E-state index in [1.807, 2.05) is 37.9 Å². The predicted molar refractivity (Wildman–Crippen MR) is 109 cm³/mol. The third kappa shape index (κ3) is 4.81. The molecule has 1 saturated carbocycles. The smallest absolute Gasteiger partial charge is 0.416 e. The van der Waals surface area contributed by atoms with E-state index in [0.29, 0.717) is 6.04 Å². The Morgan fingerprint density at radius 3 is 2.63 bits per heavy atom. The minimum absolute atomic E-state index is 0.179. The van der Waals surface area contributed by atoms with Crippen LogP contribution in [0.1, 0.15) is 84.2 Å². The zero-order valence-electron chi connectivity index (χ0n) is 17.4. The average molecular weight is 374 g/mol. The number of carbonyl (C=O) groups is 1. The highest BCUT2D eigenvalue weighted by Gasteiger charge is 2.36. The lowest BCUT2D eigenvalue weighted by Crippen LogP contribution is -2.45. The maximum atomic E-state index is 13.2. The van der Waals surface area contributed by atoms with Crippen LogP contribution in [0.2, 0.25) is 0 Å². The van der Waals surface area contributed by atoms with Crippen molar-refractivity contribution in [2.45, 2.75) is 90.3 Å². The van der Waals surface area contributed by atoms with E-state index in [-0.39, 0.29) is 12.1 Å². The summed E-state index contributed by atoms with van der Waals surface area (Å²) in [6, 6.07) is 4.67.